The maximum absolute atomic E-state index is 13.2. The number of benzene rings is 2. The Morgan fingerprint density at radius 3 is 2.41 bits per heavy atom. The summed E-state index contributed by atoms with van der Waals surface area (Å²) in [5.41, 5.74) is 3.14. The van der Waals surface area contributed by atoms with Gasteiger partial charge >= 0.3 is 0 Å². The molecule has 0 aromatic heterocycles. The molecule has 152 valence electrons. The van der Waals surface area contributed by atoms with Gasteiger partial charge in [0, 0.05) is 44.1 Å². The monoisotopic (exact) mass is 390 g/mol. The van der Waals surface area contributed by atoms with Gasteiger partial charge in [0.05, 0.1) is 0 Å². The van der Waals surface area contributed by atoms with Crippen molar-refractivity contribution in [2.45, 2.75) is 57.0 Å². The van der Waals surface area contributed by atoms with Crippen molar-refractivity contribution in [3.05, 3.63) is 71.3 Å². The van der Waals surface area contributed by atoms with Gasteiger partial charge in [-0.2, -0.15) is 0 Å². The van der Waals surface area contributed by atoms with Crippen molar-refractivity contribution in [1.82, 2.24) is 9.80 Å². The summed E-state index contributed by atoms with van der Waals surface area (Å²) < 4.78 is 0. The fourth-order valence-electron chi connectivity index (χ4n) is 4.86. The molecule has 0 bridgehead atoms. The molecule has 1 saturated carbocycles. The number of hydrogen-bond acceptors (Lipinski definition) is 2. The van der Waals surface area contributed by atoms with Gasteiger partial charge in [0.2, 0.25) is 5.91 Å². The molecular formula is C25H30N2O2. The van der Waals surface area contributed by atoms with Crippen molar-refractivity contribution in [3.8, 4) is 0 Å². The number of rotatable bonds is 5. The molecule has 2 atom stereocenters. The molecule has 29 heavy (non-hydrogen) atoms. The Labute approximate surface area is 173 Å². The molecule has 2 aliphatic rings. The Kier molecular flexibility index (Phi) is 5.98. The van der Waals surface area contributed by atoms with Crippen molar-refractivity contribution in [3.63, 3.8) is 0 Å². The van der Waals surface area contributed by atoms with Crippen LogP contribution in [0.3, 0.4) is 0 Å². The van der Waals surface area contributed by atoms with Crippen molar-refractivity contribution >= 4 is 11.8 Å². The third-order valence-corrected chi connectivity index (χ3v) is 6.52. The maximum atomic E-state index is 13.2. The van der Waals surface area contributed by atoms with Gasteiger partial charge in [-0.3, -0.25) is 9.59 Å². The Morgan fingerprint density at radius 1 is 1.00 bits per heavy atom. The molecule has 1 aliphatic heterocycles. The molecule has 2 fully saturated rings. The number of likely N-dealkylation sites (N-methyl/N-ethyl adjacent to an activating group) is 1. The lowest BCUT2D eigenvalue weighted by Gasteiger charge is -2.38. The molecule has 4 rings (SSSR count). The third-order valence-electron chi connectivity index (χ3n) is 6.52. The number of nitrogens with zero attached hydrogens (tertiary/aromatic N) is 2. The van der Waals surface area contributed by atoms with Gasteiger partial charge in [-0.25, -0.2) is 0 Å². The van der Waals surface area contributed by atoms with E-state index in [2.05, 4.69) is 24.3 Å². The molecular weight excluding hydrogens is 360 g/mol. The lowest BCUT2D eigenvalue weighted by Crippen LogP contribution is -2.42. The van der Waals surface area contributed by atoms with Gasteiger partial charge in [0.1, 0.15) is 0 Å². The van der Waals surface area contributed by atoms with Crippen LogP contribution in [0.4, 0.5) is 0 Å². The first-order valence-electron chi connectivity index (χ1n) is 10.8. The number of likely N-dealkylation sites (tertiary alicyclic amines) is 1. The summed E-state index contributed by atoms with van der Waals surface area (Å²) >= 11 is 0. The van der Waals surface area contributed by atoms with E-state index in [0.29, 0.717) is 18.9 Å². The predicted molar refractivity (Wildman–Crippen MR) is 115 cm³/mol. The van der Waals surface area contributed by atoms with E-state index < -0.39 is 0 Å². The quantitative estimate of drug-likeness (QED) is 0.748. The second kappa shape index (κ2) is 8.81. The van der Waals surface area contributed by atoms with E-state index >= 15 is 0 Å². The molecule has 2 unspecified atom stereocenters. The number of carbonyl (C=O) groups is 2. The zero-order valence-corrected chi connectivity index (χ0v) is 17.2. The van der Waals surface area contributed by atoms with Crippen molar-refractivity contribution in [1.29, 1.82) is 0 Å². The van der Waals surface area contributed by atoms with Crippen LogP contribution < -0.4 is 0 Å². The van der Waals surface area contributed by atoms with Gasteiger partial charge in [0.25, 0.3) is 5.91 Å². The molecule has 0 radical (unpaired) electrons. The molecule has 1 heterocycles. The zero-order chi connectivity index (χ0) is 20.2. The maximum Gasteiger partial charge on any atom is 0.253 e. The van der Waals surface area contributed by atoms with E-state index in [-0.39, 0.29) is 17.9 Å². The van der Waals surface area contributed by atoms with Gasteiger partial charge in [-0.1, -0.05) is 55.3 Å². The lowest BCUT2D eigenvalue weighted by atomic mass is 9.79. The van der Waals surface area contributed by atoms with Crippen molar-refractivity contribution in [2.75, 3.05) is 13.6 Å². The highest BCUT2D eigenvalue weighted by Crippen LogP contribution is 2.36. The van der Waals surface area contributed by atoms with E-state index in [0.717, 1.165) is 36.9 Å². The summed E-state index contributed by atoms with van der Waals surface area (Å²) in [5.74, 6) is 0.718. The van der Waals surface area contributed by atoms with Gasteiger partial charge in [-0.05, 0) is 42.5 Å². The number of amides is 2. The smallest absolute Gasteiger partial charge is 0.253 e. The largest absolute Gasteiger partial charge is 0.338 e. The summed E-state index contributed by atoms with van der Waals surface area (Å²) in [6.45, 7) is 1.48. The molecule has 2 aromatic carbocycles. The van der Waals surface area contributed by atoms with Crippen LogP contribution in [0.2, 0.25) is 0 Å². The van der Waals surface area contributed by atoms with Crippen LogP contribution in [-0.2, 0) is 11.3 Å². The summed E-state index contributed by atoms with van der Waals surface area (Å²) in [6, 6.07) is 18.6. The van der Waals surface area contributed by atoms with Crippen LogP contribution in [0.5, 0.6) is 0 Å². The van der Waals surface area contributed by atoms with Crippen molar-refractivity contribution < 1.29 is 9.59 Å². The molecule has 2 aromatic rings. The molecule has 0 N–H and O–H groups in total. The van der Waals surface area contributed by atoms with E-state index in [1.807, 2.05) is 47.2 Å². The topological polar surface area (TPSA) is 40.6 Å². The van der Waals surface area contributed by atoms with Gasteiger partial charge < -0.3 is 9.80 Å². The fraction of sp³-hybridized carbons (Fsp3) is 0.440. The summed E-state index contributed by atoms with van der Waals surface area (Å²) in [7, 11) is 1.95. The van der Waals surface area contributed by atoms with Crippen LogP contribution in [0.15, 0.2) is 54.6 Å². The summed E-state index contributed by atoms with van der Waals surface area (Å²) in [5, 5.41) is 0. The van der Waals surface area contributed by atoms with Crippen LogP contribution in [-0.4, -0.2) is 41.2 Å². The van der Waals surface area contributed by atoms with Crippen LogP contribution in [0, 0.1) is 0 Å². The minimum atomic E-state index is 0.0848. The first-order chi connectivity index (χ1) is 14.1. The van der Waals surface area contributed by atoms with E-state index in [9.17, 15) is 9.59 Å². The number of hydrogen-bond donors (Lipinski definition) is 0. The Hall–Kier alpha value is -2.62. The zero-order valence-electron chi connectivity index (χ0n) is 17.2. The highest BCUT2D eigenvalue weighted by Gasteiger charge is 2.32. The number of carbonyl (C=O) groups excluding carboxylic acids is 2. The van der Waals surface area contributed by atoms with Gasteiger partial charge in [0.15, 0.2) is 0 Å². The van der Waals surface area contributed by atoms with Crippen molar-refractivity contribution in [2.24, 2.45) is 0 Å². The molecule has 4 nitrogen and oxygen atoms in total. The minimum Gasteiger partial charge on any atom is -0.338 e. The average Bonchev–Trinajstić information content (AvgIpc) is 3.18. The lowest BCUT2D eigenvalue weighted by molar-refractivity contribution is -0.128. The first kappa shape index (κ1) is 19.7. The fourth-order valence-corrected chi connectivity index (χ4v) is 4.86. The Bertz CT molecular complexity index is 847. The van der Waals surface area contributed by atoms with E-state index in [1.165, 1.54) is 18.4 Å². The third kappa shape index (κ3) is 4.36. The highest BCUT2D eigenvalue weighted by molar-refractivity contribution is 5.94. The highest BCUT2D eigenvalue weighted by atomic mass is 16.2. The second-order valence-corrected chi connectivity index (χ2v) is 8.40. The van der Waals surface area contributed by atoms with E-state index in [4.69, 9.17) is 0 Å². The minimum absolute atomic E-state index is 0.0848. The van der Waals surface area contributed by atoms with Crippen LogP contribution >= 0.6 is 0 Å². The molecule has 4 heteroatoms. The molecule has 1 aliphatic carbocycles. The second-order valence-electron chi connectivity index (χ2n) is 8.40. The first-order valence-corrected chi connectivity index (χ1v) is 10.8. The molecule has 1 saturated heterocycles. The summed E-state index contributed by atoms with van der Waals surface area (Å²) in [6.07, 6.45) is 6.19. The average molecular weight is 391 g/mol. The molecule has 0 spiro atoms. The Balaban J connectivity index is 1.45. The predicted octanol–water partition coefficient (Wildman–Crippen LogP) is 4.61. The standard InChI is InChI=1S/C25H30N2O2/c1-26(23-11-6-5-10-22(23)20-8-3-2-4-9-20)25(29)21-15-13-19(14-16-21)18-27-17-7-12-24(27)28/h2-4,8-9,13-16,22-23H,5-7,10-12,17-18H2,1H3. The molecule has 2 amide bonds. The van der Waals surface area contributed by atoms with Crippen LogP contribution in [0.25, 0.3) is 0 Å². The van der Waals surface area contributed by atoms with Crippen LogP contribution in [0.1, 0.15) is 65.9 Å². The summed E-state index contributed by atoms with van der Waals surface area (Å²) in [4.78, 5) is 28.9. The van der Waals surface area contributed by atoms with E-state index in [1.54, 1.807) is 0 Å². The SMILES string of the molecule is CN(C(=O)c1ccc(CN2CCCC2=O)cc1)C1CCCCC1c1ccccc1. The van der Waals surface area contributed by atoms with Gasteiger partial charge in [-0.15, -0.1) is 0 Å². The normalized spacial score (nSPS) is 22.0. The Morgan fingerprint density at radius 2 is 1.72 bits per heavy atom.